The summed E-state index contributed by atoms with van der Waals surface area (Å²) in [7, 11) is 0. The number of benzene rings is 2. The van der Waals surface area contributed by atoms with Crippen LogP contribution in [0.5, 0.6) is 0 Å². The van der Waals surface area contributed by atoms with Gasteiger partial charge in [0.1, 0.15) is 0 Å². The smallest absolute Gasteiger partial charge is 0.0218 e. The first kappa shape index (κ1) is 16.3. The highest BCUT2D eigenvalue weighted by atomic mass is 79.9. The van der Waals surface area contributed by atoms with Crippen molar-refractivity contribution < 1.29 is 0 Å². The lowest BCUT2D eigenvalue weighted by molar-refractivity contribution is 0.237. The molecule has 0 aliphatic heterocycles. The molecule has 1 atom stereocenters. The van der Waals surface area contributed by atoms with Gasteiger partial charge < -0.3 is 0 Å². The van der Waals surface area contributed by atoms with E-state index >= 15 is 0 Å². The fourth-order valence-electron chi connectivity index (χ4n) is 3.43. The summed E-state index contributed by atoms with van der Waals surface area (Å²) in [4.78, 5) is 0. The van der Waals surface area contributed by atoms with Gasteiger partial charge in [0, 0.05) is 9.89 Å². The lowest BCUT2D eigenvalue weighted by Gasteiger charge is -2.44. The predicted octanol–water partition coefficient (Wildman–Crippen LogP) is 6.78. The third-order valence-corrected chi connectivity index (χ3v) is 5.52. The molecule has 0 radical (unpaired) electrons. The Hall–Kier alpha value is -1.60. The molecule has 0 amide bonds. The Morgan fingerprint density at radius 2 is 1.57 bits per heavy atom. The highest BCUT2D eigenvalue weighted by Crippen LogP contribution is 2.48. The summed E-state index contributed by atoms with van der Waals surface area (Å²) < 4.78 is 1.12. The molecule has 0 bridgehead atoms. The zero-order chi connectivity index (χ0) is 16.5. The third kappa shape index (κ3) is 3.07. The molecular formula is C22H23Br. The molecule has 0 heterocycles. The first-order valence-corrected chi connectivity index (χ1v) is 8.93. The Labute approximate surface area is 148 Å². The molecule has 2 aromatic rings. The monoisotopic (exact) mass is 366 g/mol. The van der Waals surface area contributed by atoms with E-state index in [0.717, 1.165) is 10.9 Å². The minimum atomic E-state index is 0.0487. The largest absolute Gasteiger partial charge is 0.0755 e. The van der Waals surface area contributed by atoms with Crippen LogP contribution in [0.25, 0.3) is 5.57 Å². The number of hydrogen-bond donors (Lipinski definition) is 0. The van der Waals surface area contributed by atoms with Crippen molar-refractivity contribution in [3.05, 3.63) is 88.4 Å². The van der Waals surface area contributed by atoms with Crippen LogP contribution in [0.1, 0.15) is 38.3 Å². The lowest BCUT2D eigenvalue weighted by atomic mass is 9.59. The summed E-state index contributed by atoms with van der Waals surface area (Å²) in [5.74, 6) is 0. The second kappa shape index (κ2) is 6.13. The fraction of sp³-hybridized carbons (Fsp3) is 0.273. The molecule has 2 aromatic carbocycles. The quantitative estimate of drug-likeness (QED) is 0.549. The molecule has 0 nitrogen and oxygen atoms in total. The summed E-state index contributed by atoms with van der Waals surface area (Å²) in [6.45, 7) is 7.01. The Balaban J connectivity index is 1.98. The molecule has 0 saturated carbocycles. The van der Waals surface area contributed by atoms with Crippen molar-refractivity contribution in [2.24, 2.45) is 5.41 Å². The average molecular weight is 367 g/mol. The third-order valence-electron chi connectivity index (χ3n) is 5.00. The number of rotatable bonds is 2. The van der Waals surface area contributed by atoms with Gasteiger partial charge in [-0.3, -0.25) is 0 Å². The van der Waals surface area contributed by atoms with E-state index in [9.17, 15) is 0 Å². The molecule has 0 aromatic heterocycles. The molecule has 0 spiro atoms. The van der Waals surface area contributed by atoms with Gasteiger partial charge in [-0.05, 0) is 40.7 Å². The molecule has 118 valence electrons. The van der Waals surface area contributed by atoms with Crippen LogP contribution in [-0.2, 0) is 5.41 Å². The zero-order valence-electron chi connectivity index (χ0n) is 14.0. The van der Waals surface area contributed by atoms with E-state index in [0.29, 0.717) is 0 Å². The van der Waals surface area contributed by atoms with E-state index in [-0.39, 0.29) is 10.8 Å². The summed E-state index contributed by atoms with van der Waals surface area (Å²) in [5.41, 5.74) is 4.20. The van der Waals surface area contributed by atoms with E-state index in [1.165, 1.54) is 16.7 Å². The van der Waals surface area contributed by atoms with Crippen LogP contribution in [0.3, 0.4) is 0 Å². The molecule has 0 N–H and O–H groups in total. The predicted molar refractivity (Wildman–Crippen MR) is 103 cm³/mol. The molecule has 3 rings (SSSR count). The first-order chi connectivity index (χ1) is 10.9. The first-order valence-electron chi connectivity index (χ1n) is 8.13. The van der Waals surface area contributed by atoms with Crippen molar-refractivity contribution in [3.8, 4) is 0 Å². The topological polar surface area (TPSA) is 0 Å². The van der Waals surface area contributed by atoms with Crippen molar-refractivity contribution >= 4 is 21.5 Å². The van der Waals surface area contributed by atoms with E-state index < -0.39 is 0 Å². The summed E-state index contributed by atoms with van der Waals surface area (Å²) in [6, 6.07) is 19.5. The van der Waals surface area contributed by atoms with E-state index in [1.807, 2.05) is 0 Å². The molecule has 1 aliphatic carbocycles. The van der Waals surface area contributed by atoms with Crippen LogP contribution in [0, 0.1) is 5.41 Å². The standard InChI is InChI=1S/C22H23Br/c1-21(2,3)22(19-7-5-4-6-8-19)15-13-18(14-16-22)17-9-11-20(23)12-10-17/h4-15H,16H2,1-3H3. The van der Waals surface area contributed by atoms with Crippen LogP contribution in [0.2, 0.25) is 0 Å². The highest BCUT2D eigenvalue weighted by molar-refractivity contribution is 9.10. The molecular weight excluding hydrogens is 344 g/mol. The van der Waals surface area contributed by atoms with Crippen molar-refractivity contribution in [1.82, 2.24) is 0 Å². The second-order valence-corrected chi connectivity index (χ2v) is 8.21. The second-order valence-electron chi connectivity index (χ2n) is 7.29. The lowest BCUT2D eigenvalue weighted by Crippen LogP contribution is -2.39. The Kier molecular flexibility index (Phi) is 4.33. The van der Waals surface area contributed by atoms with E-state index in [1.54, 1.807) is 0 Å². The minimum absolute atomic E-state index is 0.0487. The Morgan fingerprint density at radius 1 is 0.913 bits per heavy atom. The summed E-state index contributed by atoms with van der Waals surface area (Å²) >= 11 is 3.51. The maximum absolute atomic E-state index is 3.51. The highest BCUT2D eigenvalue weighted by Gasteiger charge is 2.41. The van der Waals surface area contributed by atoms with Gasteiger partial charge >= 0.3 is 0 Å². The van der Waals surface area contributed by atoms with Crippen LogP contribution >= 0.6 is 15.9 Å². The van der Waals surface area contributed by atoms with Gasteiger partial charge in [0.2, 0.25) is 0 Å². The fourth-order valence-corrected chi connectivity index (χ4v) is 3.70. The van der Waals surface area contributed by atoms with Gasteiger partial charge in [-0.2, -0.15) is 0 Å². The number of hydrogen-bond acceptors (Lipinski definition) is 0. The average Bonchev–Trinajstić information content (AvgIpc) is 2.55. The molecule has 1 aliphatic rings. The van der Waals surface area contributed by atoms with Gasteiger partial charge in [-0.15, -0.1) is 0 Å². The van der Waals surface area contributed by atoms with Crippen LogP contribution in [0.15, 0.2) is 77.3 Å². The van der Waals surface area contributed by atoms with Crippen LogP contribution in [-0.4, -0.2) is 0 Å². The van der Waals surface area contributed by atoms with Gasteiger partial charge in [0.05, 0.1) is 0 Å². The van der Waals surface area contributed by atoms with Gasteiger partial charge in [0.25, 0.3) is 0 Å². The zero-order valence-corrected chi connectivity index (χ0v) is 15.6. The normalized spacial score (nSPS) is 21.1. The SMILES string of the molecule is CC(C)(C)C1(c2ccccc2)C=CC(c2ccc(Br)cc2)=CC1. The van der Waals surface area contributed by atoms with Gasteiger partial charge in [-0.1, -0.05) is 97.4 Å². The van der Waals surface area contributed by atoms with Crippen molar-refractivity contribution in [2.45, 2.75) is 32.6 Å². The Bertz CT molecular complexity index is 730. The van der Waals surface area contributed by atoms with Crippen molar-refractivity contribution in [3.63, 3.8) is 0 Å². The van der Waals surface area contributed by atoms with Gasteiger partial charge in [0.15, 0.2) is 0 Å². The summed E-state index contributed by atoms with van der Waals surface area (Å²) in [6.07, 6.45) is 8.13. The molecule has 1 unspecified atom stereocenters. The van der Waals surface area contributed by atoms with Gasteiger partial charge in [-0.25, -0.2) is 0 Å². The molecule has 0 fully saturated rings. The molecule has 0 saturated heterocycles. The minimum Gasteiger partial charge on any atom is -0.0755 e. The summed E-state index contributed by atoms with van der Waals surface area (Å²) in [5, 5.41) is 0. The van der Waals surface area contributed by atoms with E-state index in [2.05, 4.69) is 110 Å². The van der Waals surface area contributed by atoms with E-state index in [4.69, 9.17) is 0 Å². The van der Waals surface area contributed by atoms with Crippen LogP contribution in [0.4, 0.5) is 0 Å². The maximum atomic E-state index is 3.51. The number of halogens is 1. The van der Waals surface area contributed by atoms with Crippen LogP contribution < -0.4 is 0 Å². The molecule has 1 heteroatoms. The number of allylic oxidation sites excluding steroid dienone is 4. The Morgan fingerprint density at radius 3 is 2.09 bits per heavy atom. The maximum Gasteiger partial charge on any atom is 0.0218 e. The molecule has 23 heavy (non-hydrogen) atoms. The van der Waals surface area contributed by atoms with Crippen molar-refractivity contribution in [1.29, 1.82) is 0 Å². The van der Waals surface area contributed by atoms with Crippen molar-refractivity contribution in [2.75, 3.05) is 0 Å².